The smallest absolute Gasteiger partial charge is 0.138 e. The van der Waals surface area contributed by atoms with E-state index in [9.17, 15) is 0 Å². The van der Waals surface area contributed by atoms with Crippen LogP contribution in [0.15, 0.2) is 6.07 Å². The van der Waals surface area contributed by atoms with Crippen molar-refractivity contribution in [2.75, 3.05) is 43.4 Å². The second-order valence-corrected chi connectivity index (χ2v) is 5.67. The zero-order valence-corrected chi connectivity index (χ0v) is 11.7. The molecule has 0 radical (unpaired) electrons. The molecule has 5 nitrogen and oxygen atoms in total. The zero-order valence-electron chi connectivity index (χ0n) is 11.7. The lowest BCUT2D eigenvalue weighted by Crippen LogP contribution is -2.44. The summed E-state index contributed by atoms with van der Waals surface area (Å²) < 4.78 is 0. The first kappa shape index (κ1) is 13.1. The van der Waals surface area contributed by atoms with Crippen LogP contribution in [-0.4, -0.2) is 43.2 Å². The van der Waals surface area contributed by atoms with E-state index in [-0.39, 0.29) is 5.41 Å². The van der Waals surface area contributed by atoms with Gasteiger partial charge in [-0.2, -0.15) is 0 Å². The fraction of sp³-hybridized carbons (Fsp3) is 0.692. The summed E-state index contributed by atoms with van der Waals surface area (Å²) in [7, 11) is 1.90. The maximum Gasteiger partial charge on any atom is 0.138 e. The lowest BCUT2D eigenvalue weighted by atomic mass is 9.96. The number of hydrogen-bond donors (Lipinski definition) is 2. The fourth-order valence-electron chi connectivity index (χ4n) is 1.95. The first-order chi connectivity index (χ1) is 8.50. The molecular formula is C13H23N5. The van der Waals surface area contributed by atoms with Crippen LogP contribution >= 0.6 is 0 Å². The summed E-state index contributed by atoms with van der Waals surface area (Å²) in [6.07, 6.45) is 0. The summed E-state index contributed by atoms with van der Waals surface area (Å²) >= 11 is 0. The monoisotopic (exact) mass is 249 g/mol. The van der Waals surface area contributed by atoms with Crippen LogP contribution in [0.3, 0.4) is 0 Å². The minimum absolute atomic E-state index is 0.0321. The summed E-state index contributed by atoms with van der Waals surface area (Å²) in [5.74, 6) is 2.81. The molecule has 0 spiro atoms. The Balaban J connectivity index is 2.34. The second kappa shape index (κ2) is 5.10. The van der Waals surface area contributed by atoms with Gasteiger partial charge in [0.05, 0.1) is 0 Å². The molecule has 0 atom stereocenters. The van der Waals surface area contributed by atoms with Gasteiger partial charge in [0.15, 0.2) is 0 Å². The topological polar surface area (TPSA) is 53.1 Å². The highest BCUT2D eigenvalue weighted by molar-refractivity contribution is 5.50. The van der Waals surface area contributed by atoms with Crippen LogP contribution in [0.1, 0.15) is 26.6 Å². The van der Waals surface area contributed by atoms with Gasteiger partial charge in [0.1, 0.15) is 17.5 Å². The van der Waals surface area contributed by atoms with E-state index in [1.54, 1.807) is 0 Å². The Morgan fingerprint density at radius 3 is 2.44 bits per heavy atom. The van der Waals surface area contributed by atoms with Gasteiger partial charge in [-0.05, 0) is 0 Å². The van der Waals surface area contributed by atoms with Crippen LogP contribution < -0.4 is 15.5 Å². The molecule has 18 heavy (non-hydrogen) atoms. The number of anilines is 2. The van der Waals surface area contributed by atoms with Gasteiger partial charge in [-0.1, -0.05) is 20.8 Å². The Kier molecular flexibility index (Phi) is 3.71. The molecule has 1 fully saturated rings. The van der Waals surface area contributed by atoms with Crippen molar-refractivity contribution in [1.82, 2.24) is 15.3 Å². The van der Waals surface area contributed by atoms with Gasteiger partial charge >= 0.3 is 0 Å². The van der Waals surface area contributed by atoms with Crippen LogP contribution in [0.2, 0.25) is 0 Å². The molecule has 0 amide bonds. The largest absolute Gasteiger partial charge is 0.373 e. The van der Waals surface area contributed by atoms with E-state index in [1.807, 2.05) is 13.1 Å². The Bertz CT molecular complexity index is 404. The van der Waals surface area contributed by atoms with Crippen molar-refractivity contribution in [3.05, 3.63) is 11.9 Å². The Morgan fingerprint density at radius 2 is 1.89 bits per heavy atom. The van der Waals surface area contributed by atoms with Crippen LogP contribution in [0.4, 0.5) is 11.6 Å². The summed E-state index contributed by atoms with van der Waals surface area (Å²) in [6.45, 7) is 10.5. The standard InChI is InChI=1S/C13H23N5/c1-13(2,3)12-16-10(14-4)9-11(17-12)18-7-5-15-6-8-18/h9,15H,5-8H2,1-4H3,(H,14,16,17). The molecule has 0 aliphatic carbocycles. The van der Waals surface area contributed by atoms with Crippen molar-refractivity contribution >= 4 is 11.6 Å². The van der Waals surface area contributed by atoms with Crippen molar-refractivity contribution < 1.29 is 0 Å². The van der Waals surface area contributed by atoms with E-state index in [1.165, 1.54) is 0 Å². The molecule has 5 heteroatoms. The third-order valence-electron chi connectivity index (χ3n) is 3.08. The molecule has 2 N–H and O–H groups in total. The molecule has 0 unspecified atom stereocenters. The van der Waals surface area contributed by atoms with E-state index >= 15 is 0 Å². The molecule has 0 bridgehead atoms. The highest BCUT2D eigenvalue weighted by Gasteiger charge is 2.21. The lowest BCUT2D eigenvalue weighted by molar-refractivity contribution is 0.539. The average molecular weight is 249 g/mol. The van der Waals surface area contributed by atoms with Gasteiger partial charge < -0.3 is 15.5 Å². The van der Waals surface area contributed by atoms with Crippen molar-refractivity contribution in [2.45, 2.75) is 26.2 Å². The molecule has 1 aliphatic rings. The fourth-order valence-corrected chi connectivity index (χ4v) is 1.95. The Labute approximate surface area is 109 Å². The molecule has 1 aliphatic heterocycles. The molecule has 0 aromatic carbocycles. The van der Waals surface area contributed by atoms with Gasteiger partial charge in [-0.25, -0.2) is 9.97 Å². The first-order valence-electron chi connectivity index (χ1n) is 6.53. The van der Waals surface area contributed by atoms with E-state index in [4.69, 9.17) is 4.98 Å². The predicted molar refractivity (Wildman–Crippen MR) is 75.4 cm³/mol. The number of nitrogens with zero attached hydrogens (tertiary/aromatic N) is 3. The van der Waals surface area contributed by atoms with Crippen molar-refractivity contribution in [1.29, 1.82) is 0 Å². The number of hydrogen-bond acceptors (Lipinski definition) is 5. The van der Waals surface area contributed by atoms with E-state index in [0.29, 0.717) is 0 Å². The van der Waals surface area contributed by atoms with Crippen molar-refractivity contribution in [3.63, 3.8) is 0 Å². The minimum atomic E-state index is -0.0321. The quantitative estimate of drug-likeness (QED) is 0.825. The third-order valence-corrected chi connectivity index (χ3v) is 3.08. The molecule has 1 aromatic rings. The van der Waals surface area contributed by atoms with Gasteiger partial charge in [0.2, 0.25) is 0 Å². The molecule has 0 saturated carbocycles. The average Bonchev–Trinajstić information content (AvgIpc) is 2.38. The van der Waals surface area contributed by atoms with Crippen molar-refractivity contribution in [3.8, 4) is 0 Å². The van der Waals surface area contributed by atoms with E-state index < -0.39 is 0 Å². The molecule has 1 aromatic heterocycles. The van der Waals surface area contributed by atoms with Gasteiger partial charge in [-0.3, -0.25) is 0 Å². The maximum atomic E-state index is 4.72. The number of nitrogens with one attached hydrogen (secondary N) is 2. The summed E-state index contributed by atoms with van der Waals surface area (Å²) in [4.78, 5) is 11.6. The third kappa shape index (κ3) is 2.90. The van der Waals surface area contributed by atoms with E-state index in [0.717, 1.165) is 43.6 Å². The predicted octanol–water partition coefficient (Wildman–Crippen LogP) is 1.23. The van der Waals surface area contributed by atoms with E-state index in [2.05, 4.69) is 41.3 Å². The summed E-state index contributed by atoms with van der Waals surface area (Å²) in [5, 5.41) is 6.48. The van der Waals surface area contributed by atoms with Gasteiger partial charge in [-0.15, -0.1) is 0 Å². The summed E-state index contributed by atoms with van der Waals surface area (Å²) in [5.41, 5.74) is -0.0321. The Morgan fingerprint density at radius 1 is 1.22 bits per heavy atom. The molecule has 2 heterocycles. The molecule has 1 saturated heterocycles. The first-order valence-corrected chi connectivity index (χ1v) is 6.53. The minimum Gasteiger partial charge on any atom is -0.373 e. The lowest BCUT2D eigenvalue weighted by Gasteiger charge is -2.29. The molecule has 100 valence electrons. The van der Waals surface area contributed by atoms with Crippen molar-refractivity contribution in [2.24, 2.45) is 0 Å². The molecule has 2 rings (SSSR count). The second-order valence-electron chi connectivity index (χ2n) is 5.67. The highest BCUT2D eigenvalue weighted by atomic mass is 15.2. The zero-order chi connectivity index (χ0) is 13.2. The summed E-state index contributed by atoms with van der Waals surface area (Å²) in [6, 6.07) is 2.03. The van der Waals surface area contributed by atoms with Crippen LogP contribution in [-0.2, 0) is 5.41 Å². The molecular weight excluding hydrogens is 226 g/mol. The highest BCUT2D eigenvalue weighted by Crippen LogP contribution is 2.24. The maximum absolute atomic E-state index is 4.72. The van der Waals surface area contributed by atoms with Crippen LogP contribution in [0.5, 0.6) is 0 Å². The van der Waals surface area contributed by atoms with Crippen LogP contribution in [0.25, 0.3) is 0 Å². The van der Waals surface area contributed by atoms with Gasteiger partial charge in [0.25, 0.3) is 0 Å². The SMILES string of the molecule is CNc1cc(N2CCNCC2)nc(C(C)(C)C)n1. The number of piperazine rings is 1. The number of aromatic nitrogens is 2. The normalized spacial score (nSPS) is 16.8. The number of rotatable bonds is 2. The van der Waals surface area contributed by atoms with Gasteiger partial charge in [0, 0.05) is 44.7 Å². The Hall–Kier alpha value is -1.36. The van der Waals surface area contributed by atoms with Crippen LogP contribution in [0, 0.1) is 0 Å².